The minimum Gasteiger partial charge on any atom is -0.354 e. The zero-order valence-corrected chi connectivity index (χ0v) is 14.8. The lowest BCUT2D eigenvalue weighted by Crippen LogP contribution is -2.17. The molecule has 0 amide bonds. The Morgan fingerprint density at radius 1 is 1.00 bits per heavy atom. The number of hydrogen-bond donors (Lipinski definition) is 1. The first-order chi connectivity index (χ1) is 12.8. The lowest BCUT2D eigenvalue weighted by molar-refractivity contribution is 0.882. The average molecular weight is 343 g/mol. The molecular formula is C22H21N3O. The normalized spacial score (nSPS) is 11.1. The van der Waals surface area contributed by atoms with Crippen molar-refractivity contribution < 1.29 is 0 Å². The molecule has 2 aliphatic heterocycles. The van der Waals surface area contributed by atoms with Crippen LogP contribution in [0.25, 0.3) is 17.1 Å². The Hall–Kier alpha value is -3.14. The summed E-state index contributed by atoms with van der Waals surface area (Å²) < 4.78 is 1.70. The van der Waals surface area contributed by atoms with E-state index in [1.807, 2.05) is 54.7 Å². The van der Waals surface area contributed by atoms with Crippen molar-refractivity contribution in [3.8, 4) is 17.1 Å². The molecule has 0 aromatic heterocycles. The molecule has 0 radical (unpaired) electrons. The van der Waals surface area contributed by atoms with Crippen LogP contribution in [0.1, 0.15) is 30.3 Å². The van der Waals surface area contributed by atoms with Crippen molar-refractivity contribution in [1.29, 1.82) is 0 Å². The van der Waals surface area contributed by atoms with Crippen LogP contribution in [-0.4, -0.2) is 14.5 Å². The van der Waals surface area contributed by atoms with Crippen LogP contribution >= 0.6 is 0 Å². The second-order valence-electron chi connectivity index (χ2n) is 6.48. The van der Waals surface area contributed by atoms with Crippen LogP contribution in [0.15, 0.2) is 71.7 Å². The smallest absolute Gasteiger partial charge is 0.278 e. The van der Waals surface area contributed by atoms with Gasteiger partial charge in [0.05, 0.1) is 11.4 Å². The van der Waals surface area contributed by atoms with E-state index in [0.717, 1.165) is 29.2 Å². The molecule has 0 fully saturated rings. The second-order valence-corrected chi connectivity index (χ2v) is 6.48. The van der Waals surface area contributed by atoms with Crippen LogP contribution in [0.2, 0.25) is 0 Å². The predicted octanol–water partition coefficient (Wildman–Crippen LogP) is 4.21. The SMILES string of the molecule is CCCc1nc2c(Cc3ccccc3)[nH]c(-c3ccccc3)cn-2c1=O. The molecule has 2 aromatic rings. The summed E-state index contributed by atoms with van der Waals surface area (Å²) in [7, 11) is 0. The molecular weight excluding hydrogens is 322 g/mol. The third kappa shape index (κ3) is 3.06. The van der Waals surface area contributed by atoms with Crippen molar-refractivity contribution in [2.24, 2.45) is 0 Å². The highest BCUT2D eigenvalue weighted by Crippen LogP contribution is 2.23. The van der Waals surface area contributed by atoms with Gasteiger partial charge in [-0.3, -0.25) is 9.36 Å². The van der Waals surface area contributed by atoms with Gasteiger partial charge in [-0.2, -0.15) is 0 Å². The lowest BCUT2D eigenvalue weighted by atomic mass is 10.1. The van der Waals surface area contributed by atoms with E-state index in [9.17, 15) is 4.79 Å². The molecule has 4 rings (SSSR count). The van der Waals surface area contributed by atoms with Gasteiger partial charge in [0, 0.05) is 12.6 Å². The van der Waals surface area contributed by atoms with E-state index in [1.54, 1.807) is 4.57 Å². The standard InChI is InChI=1S/C22H21N3O/c1-2-9-18-22(26)25-15-20(17-12-7-4-8-13-17)23-19(21(25)24-18)14-16-10-5-3-6-11-16/h3-8,10-13,15,23H,2,9,14H2,1H3. The molecule has 0 bridgehead atoms. The summed E-state index contributed by atoms with van der Waals surface area (Å²) in [4.78, 5) is 21.0. The minimum absolute atomic E-state index is 0.0117. The Kier molecular flexibility index (Phi) is 4.40. The number of benzene rings is 2. The van der Waals surface area contributed by atoms with Crippen molar-refractivity contribution in [2.45, 2.75) is 26.2 Å². The monoisotopic (exact) mass is 343 g/mol. The molecule has 1 N–H and O–H groups in total. The largest absolute Gasteiger partial charge is 0.354 e. The maximum absolute atomic E-state index is 12.8. The third-order valence-corrected chi connectivity index (χ3v) is 4.54. The van der Waals surface area contributed by atoms with Gasteiger partial charge in [0.25, 0.3) is 5.56 Å². The minimum atomic E-state index is -0.0117. The Morgan fingerprint density at radius 2 is 1.69 bits per heavy atom. The lowest BCUT2D eigenvalue weighted by Gasteiger charge is -2.13. The Morgan fingerprint density at radius 3 is 2.38 bits per heavy atom. The summed E-state index contributed by atoms with van der Waals surface area (Å²) in [6, 6.07) is 20.3. The van der Waals surface area contributed by atoms with Gasteiger partial charge in [-0.1, -0.05) is 74.0 Å². The number of nitrogens with one attached hydrogen (secondary N) is 1. The zero-order chi connectivity index (χ0) is 17.9. The van der Waals surface area contributed by atoms with E-state index in [0.29, 0.717) is 18.5 Å². The summed E-state index contributed by atoms with van der Waals surface area (Å²) in [5.74, 6) is 0.724. The van der Waals surface area contributed by atoms with Crippen LogP contribution in [0.3, 0.4) is 0 Å². The number of fused-ring (bicyclic) bond motifs is 1. The van der Waals surface area contributed by atoms with Gasteiger partial charge in [-0.25, -0.2) is 4.98 Å². The van der Waals surface area contributed by atoms with E-state index in [1.165, 1.54) is 5.56 Å². The molecule has 0 saturated heterocycles. The highest BCUT2D eigenvalue weighted by molar-refractivity contribution is 5.60. The predicted molar refractivity (Wildman–Crippen MR) is 104 cm³/mol. The topological polar surface area (TPSA) is 50.7 Å². The molecule has 2 heterocycles. The van der Waals surface area contributed by atoms with Crippen LogP contribution in [0, 0.1) is 0 Å². The molecule has 2 aliphatic rings. The van der Waals surface area contributed by atoms with Crippen LogP contribution in [0.4, 0.5) is 0 Å². The number of rotatable bonds is 5. The number of aryl methyl sites for hydroxylation is 1. The number of hydrogen-bond acceptors (Lipinski definition) is 2. The molecule has 0 unspecified atom stereocenters. The number of aromatic nitrogens is 3. The van der Waals surface area contributed by atoms with Crippen molar-refractivity contribution in [2.75, 3.05) is 0 Å². The number of imidazole rings is 1. The summed E-state index contributed by atoms with van der Waals surface area (Å²) >= 11 is 0. The summed E-state index contributed by atoms with van der Waals surface area (Å²) in [6.45, 7) is 2.07. The van der Waals surface area contributed by atoms with Crippen molar-refractivity contribution >= 4 is 0 Å². The molecule has 0 aliphatic carbocycles. The van der Waals surface area contributed by atoms with E-state index in [4.69, 9.17) is 0 Å². The van der Waals surface area contributed by atoms with Gasteiger partial charge in [0.1, 0.15) is 5.69 Å². The fourth-order valence-corrected chi connectivity index (χ4v) is 3.26. The molecule has 26 heavy (non-hydrogen) atoms. The molecule has 0 saturated carbocycles. The quantitative estimate of drug-likeness (QED) is 0.590. The first kappa shape index (κ1) is 16.3. The highest BCUT2D eigenvalue weighted by Gasteiger charge is 2.19. The molecule has 4 heteroatoms. The van der Waals surface area contributed by atoms with E-state index in [2.05, 4.69) is 29.0 Å². The molecule has 4 nitrogen and oxygen atoms in total. The molecule has 0 atom stereocenters. The van der Waals surface area contributed by atoms with E-state index >= 15 is 0 Å². The summed E-state index contributed by atoms with van der Waals surface area (Å²) in [5.41, 5.74) is 4.73. The number of H-pyrrole nitrogens is 1. The number of aromatic amines is 1. The van der Waals surface area contributed by atoms with E-state index in [-0.39, 0.29) is 5.56 Å². The second kappa shape index (κ2) is 7.00. The first-order valence-corrected chi connectivity index (χ1v) is 8.98. The molecule has 130 valence electrons. The third-order valence-electron chi connectivity index (χ3n) is 4.54. The van der Waals surface area contributed by atoms with Gasteiger partial charge in [-0.05, 0) is 17.5 Å². The van der Waals surface area contributed by atoms with Crippen LogP contribution < -0.4 is 5.56 Å². The van der Waals surface area contributed by atoms with Gasteiger partial charge < -0.3 is 4.98 Å². The maximum atomic E-state index is 12.8. The van der Waals surface area contributed by atoms with Gasteiger partial charge >= 0.3 is 0 Å². The summed E-state index contributed by atoms with van der Waals surface area (Å²) in [6.07, 6.45) is 4.18. The first-order valence-electron chi connectivity index (χ1n) is 8.98. The highest BCUT2D eigenvalue weighted by atomic mass is 16.1. The van der Waals surface area contributed by atoms with Crippen molar-refractivity contribution in [3.05, 3.63) is 94.2 Å². The fourth-order valence-electron chi connectivity index (χ4n) is 3.26. The van der Waals surface area contributed by atoms with Crippen LogP contribution in [-0.2, 0) is 12.8 Å². The van der Waals surface area contributed by atoms with Crippen molar-refractivity contribution in [3.63, 3.8) is 0 Å². The Labute approximate surface area is 152 Å². The number of nitrogens with zero attached hydrogens (tertiary/aromatic N) is 2. The Bertz CT molecular complexity index is 1030. The van der Waals surface area contributed by atoms with Gasteiger partial charge in [0.15, 0.2) is 5.82 Å². The van der Waals surface area contributed by atoms with Crippen LogP contribution in [0.5, 0.6) is 0 Å². The van der Waals surface area contributed by atoms with E-state index < -0.39 is 0 Å². The average Bonchev–Trinajstić information content (AvgIpc) is 3.00. The summed E-state index contributed by atoms with van der Waals surface area (Å²) in [5, 5.41) is 0. The van der Waals surface area contributed by atoms with Gasteiger partial charge in [-0.15, -0.1) is 0 Å². The Balaban J connectivity index is 1.90. The maximum Gasteiger partial charge on any atom is 0.278 e. The fraction of sp³-hybridized carbons (Fsp3) is 0.182. The molecule has 0 spiro atoms. The molecule has 2 aromatic carbocycles. The van der Waals surface area contributed by atoms with Gasteiger partial charge in [0.2, 0.25) is 0 Å². The van der Waals surface area contributed by atoms with Crippen molar-refractivity contribution in [1.82, 2.24) is 14.5 Å². The zero-order valence-electron chi connectivity index (χ0n) is 14.8.